The van der Waals surface area contributed by atoms with Gasteiger partial charge in [0, 0.05) is 33.9 Å². The number of aliphatic imine (C=N–C) groups is 1. The number of furan rings is 1. The Morgan fingerprint density at radius 3 is 2.80 bits per heavy atom. The zero-order valence-corrected chi connectivity index (χ0v) is 12.8. The number of methoxy groups -OCH3 is 1. The van der Waals surface area contributed by atoms with Gasteiger partial charge in [-0.2, -0.15) is 0 Å². The normalized spacial score (nSPS) is 13.6. The standard InChI is InChI=1S/C14H26N4O2/c1-15-14(16-8-6-9-19-4)17-11-12(18(2)3)13-7-5-10-20-13/h5,7,10,12H,6,8-9,11H2,1-4H3,(H2,15,16,17). The van der Waals surface area contributed by atoms with Crippen LogP contribution in [0.3, 0.4) is 0 Å². The van der Waals surface area contributed by atoms with Crippen LogP contribution in [0, 0.1) is 0 Å². The van der Waals surface area contributed by atoms with Crippen molar-refractivity contribution < 1.29 is 9.15 Å². The Hall–Kier alpha value is -1.53. The SMILES string of the molecule is CN=C(NCCCOC)NCC(c1ccco1)N(C)C. The van der Waals surface area contributed by atoms with Gasteiger partial charge in [0.15, 0.2) is 5.96 Å². The number of guanidine groups is 1. The molecule has 1 aromatic heterocycles. The van der Waals surface area contributed by atoms with Gasteiger partial charge in [-0.05, 0) is 32.6 Å². The third-order valence-corrected chi connectivity index (χ3v) is 3.00. The van der Waals surface area contributed by atoms with Crippen LogP contribution in [0.4, 0.5) is 0 Å². The van der Waals surface area contributed by atoms with Gasteiger partial charge in [-0.3, -0.25) is 9.89 Å². The topological polar surface area (TPSA) is 62.0 Å². The fraction of sp³-hybridized carbons (Fsp3) is 0.643. The Kier molecular flexibility index (Phi) is 7.75. The molecular formula is C14H26N4O2. The lowest BCUT2D eigenvalue weighted by atomic mass is 10.2. The van der Waals surface area contributed by atoms with Crippen LogP contribution in [0.5, 0.6) is 0 Å². The maximum Gasteiger partial charge on any atom is 0.191 e. The predicted molar refractivity (Wildman–Crippen MR) is 81.0 cm³/mol. The minimum atomic E-state index is 0.169. The van der Waals surface area contributed by atoms with Crippen molar-refractivity contribution in [1.82, 2.24) is 15.5 Å². The molecule has 0 saturated carbocycles. The molecule has 1 heterocycles. The fourth-order valence-corrected chi connectivity index (χ4v) is 1.86. The largest absolute Gasteiger partial charge is 0.468 e. The van der Waals surface area contributed by atoms with Gasteiger partial charge in [-0.15, -0.1) is 0 Å². The van der Waals surface area contributed by atoms with Gasteiger partial charge in [0.2, 0.25) is 0 Å². The summed E-state index contributed by atoms with van der Waals surface area (Å²) in [6.07, 6.45) is 2.65. The van der Waals surface area contributed by atoms with Gasteiger partial charge in [0.1, 0.15) is 5.76 Å². The number of nitrogens with zero attached hydrogens (tertiary/aromatic N) is 2. The van der Waals surface area contributed by atoms with E-state index in [2.05, 4.69) is 20.5 Å². The second-order valence-corrected chi connectivity index (χ2v) is 4.72. The Balaban J connectivity index is 2.41. The molecule has 0 bridgehead atoms. The number of hydrogen-bond acceptors (Lipinski definition) is 4. The summed E-state index contributed by atoms with van der Waals surface area (Å²) in [5.74, 6) is 1.73. The third kappa shape index (κ3) is 5.63. The van der Waals surface area contributed by atoms with Gasteiger partial charge in [0.05, 0.1) is 12.3 Å². The van der Waals surface area contributed by atoms with Crippen molar-refractivity contribution in [2.75, 3.05) is 47.9 Å². The highest BCUT2D eigenvalue weighted by molar-refractivity contribution is 5.79. The van der Waals surface area contributed by atoms with Gasteiger partial charge < -0.3 is 19.8 Å². The second kappa shape index (κ2) is 9.39. The number of rotatable bonds is 8. The smallest absolute Gasteiger partial charge is 0.191 e. The molecule has 0 aromatic carbocycles. The van der Waals surface area contributed by atoms with E-state index in [1.807, 2.05) is 26.2 Å². The number of likely N-dealkylation sites (N-methyl/N-ethyl adjacent to an activating group) is 1. The summed E-state index contributed by atoms with van der Waals surface area (Å²) in [5, 5.41) is 6.57. The fourth-order valence-electron chi connectivity index (χ4n) is 1.86. The van der Waals surface area contributed by atoms with Gasteiger partial charge in [0.25, 0.3) is 0 Å². The molecule has 0 aliphatic heterocycles. The Bertz CT molecular complexity index is 377. The minimum absolute atomic E-state index is 0.169. The molecule has 6 heteroatoms. The van der Waals surface area contributed by atoms with E-state index in [1.54, 1.807) is 20.4 Å². The summed E-state index contributed by atoms with van der Waals surface area (Å²) in [4.78, 5) is 6.32. The van der Waals surface area contributed by atoms with Crippen molar-refractivity contribution >= 4 is 5.96 Å². The Morgan fingerprint density at radius 1 is 1.45 bits per heavy atom. The van der Waals surface area contributed by atoms with Crippen molar-refractivity contribution in [2.45, 2.75) is 12.5 Å². The molecule has 0 aliphatic rings. The summed E-state index contributed by atoms with van der Waals surface area (Å²) in [6, 6.07) is 4.06. The van der Waals surface area contributed by atoms with Crippen molar-refractivity contribution in [1.29, 1.82) is 0 Å². The molecule has 2 N–H and O–H groups in total. The van der Waals surface area contributed by atoms with E-state index in [-0.39, 0.29) is 6.04 Å². The average molecular weight is 282 g/mol. The molecule has 1 atom stereocenters. The van der Waals surface area contributed by atoms with E-state index < -0.39 is 0 Å². The van der Waals surface area contributed by atoms with E-state index in [0.717, 1.165) is 37.8 Å². The van der Waals surface area contributed by atoms with Crippen LogP contribution in [0.25, 0.3) is 0 Å². The molecule has 0 aliphatic carbocycles. The van der Waals surface area contributed by atoms with Crippen LogP contribution in [-0.4, -0.2) is 58.8 Å². The van der Waals surface area contributed by atoms with E-state index in [0.29, 0.717) is 0 Å². The van der Waals surface area contributed by atoms with Gasteiger partial charge in [-0.1, -0.05) is 0 Å². The predicted octanol–water partition coefficient (Wildman–Crippen LogP) is 1.08. The van der Waals surface area contributed by atoms with Gasteiger partial charge in [-0.25, -0.2) is 0 Å². The van der Waals surface area contributed by atoms with Crippen molar-refractivity contribution in [3.05, 3.63) is 24.2 Å². The monoisotopic (exact) mass is 282 g/mol. The Labute approximate surface area is 121 Å². The molecule has 20 heavy (non-hydrogen) atoms. The first-order valence-electron chi connectivity index (χ1n) is 6.82. The molecule has 1 aromatic rings. The maximum absolute atomic E-state index is 5.48. The summed E-state index contributed by atoms with van der Waals surface area (Å²) in [7, 11) is 7.54. The number of hydrogen-bond donors (Lipinski definition) is 2. The highest BCUT2D eigenvalue weighted by Gasteiger charge is 2.17. The lowest BCUT2D eigenvalue weighted by Gasteiger charge is -2.23. The molecule has 0 fully saturated rings. The van der Waals surface area contributed by atoms with Crippen LogP contribution in [-0.2, 0) is 4.74 Å². The van der Waals surface area contributed by atoms with E-state index in [4.69, 9.17) is 9.15 Å². The molecule has 1 rings (SSSR count). The molecule has 0 radical (unpaired) electrons. The molecule has 6 nitrogen and oxygen atoms in total. The van der Waals surface area contributed by atoms with E-state index in [9.17, 15) is 0 Å². The van der Waals surface area contributed by atoms with E-state index in [1.165, 1.54) is 0 Å². The molecule has 114 valence electrons. The lowest BCUT2D eigenvalue weighted by Crippen LogP contribution is -2.42. The molecular weight excluding hydrogens is 256 g/mol. The quantitative estimate of drug-likeness (QED) is 0.424. The Morgan fingerprint density at radius 2 is 2.25 bits per heavy atom. The van der Waals surface area contributed by atoms with E-state index >= 15 is 0 Å². The summed E-state index contributed by atoms with van der Waals surface area (Å²) in [6.45, 7) is 2.31. The van der Waals surface area contributed by atoms with Crippen molar-refractivity contribution in [3.8, 4) is 0 Å². The minimum Gasteiger partial charge on any atom is -0.468 e. The summed E-state index contributed by atoms with van der Waals surface area (Å²) >= 11 is 0. The average Bonchev–Trinajstić information content (AvgIpc) is 2.95. The van der Waals surface area contributed by atoms with Crippen LogP contribution < -0.4 is 10.6 Å². The lowest BCUT2D eigenvalue weighted by molar-refractivity contribution is 0.195. The van der Waals surface area contributed by atoms with Crippen molar-refractivity contribution in [3.63, 3.8) is 0 Å². The van der Waals surface area contributed by atoms with Crippen LogP contribution in [0.1, 0.15) is 18.2 Å². The first-order chi connectivity index (χ1) is 9.69. The second-order valence-electron chi connectivity index (χ2n) is 4.72. The molecule has 0 saturated heterocycles. The molecule has 0 spiro atoms. The zero-order valence-electron chi connectivity index (χ0n) is 12.8. The summed E-state index contributed by atoms with van der Waals surface area (Å²) < 4.78 is 10.5. The van der Waals surface area contributed by atoms with Crippen LogP contribution in [0.2, 0.25) is 0 Å². The number of ether oxygens (including phenoxy) is 1. The first-order valence-corrected chi connectivity index (χ1v) is 6.82. The molecule has 1 unspecified atom stereocenters. The van der Waals surface area contributed by atoms with Crippen LogP contribution in [0.15, 0.2) is 27.8 Å². The first kappa shape index (κ1) is 16.5. The van der Waals surface area contributed by atoms with Crippen molar-refractivity contribution in [2.24, 2.45) is 4.99 Å². The van der Waals surface area contributed by atoms with Gasteiger partial charge >= 0.3 is 0 Å². The number of nitrogens with one attached hydrogen (secondary N) is 2. The third-order valence-electron chi connectivity index (χ3n) is 3.00. The zero-order chi connectivity index (χ0) is 14.8. The highest BCUT2D eigenvalue weighted by atomic mass is 16.5. The highest BCUT2D eigenvalue weighted by Crippen LogP contribution is 2.17. The maximum atomic E-state index is 5.48. The van der Waals surface area contributed by atoms with Crippen LogP contribution >= 0.6 is 0 Å². The molecule has 0 amide bonds. The summed E-state index contributed by atoms with van der Waals surface area (Å²) in [5.41, 5.74) is 0.